The predicted molar refractivity (Wildman–Crippen MR) is 108 cm³/mol. The number of halogens is 2. The van der Waals surface area contributed by atoms with Crippen molar-refractivity contribution in [2.45, 2.75) is 6.54 Å². The van der Waals surface area contributed by atoms with Crippen LogP contribution in [-0.2, 0) is 6.54 Å². The molecule has 0 bridgehead atoms. The smallest absolute Gasteiger partial charge is 0.259 e. The van der Waals surface area contributed by atoms with E-state index in [0.717, 1.165) is 11.3 Å². The molecule has 0 spiro atoms. The molecule has 0 saturated carbocycles. The highest BCUT2D eigenvalue weighted by Gasteiger charge is 2.10. The molecule has 2 N–H and O–H groups in total. The molecule has 132 valence electrons. The lowest BCUT2D eigenvalue weighted by Gasteiger charge is -2.08. The van der Waals surface area contributed by atoms with Gasteiger partial charge in [0.15, 0.2) is 5.11 Å². The number of thiocarbonyl (C=S) groups is 1. The van der Waals surface area contributed by atoms with Crippen LogP contribution in [-0.4, -0.2) is 16.0 Å². The van der Waals surface area contributed by atoms with Gasteiger partial charge in [-0.2, -0.15) is 0 Å². The maximum Gasteiger partial charge on any atom is 0.259 e. The van der Waals surface area contributed by atoms with E-state index >= 15 is 0 Å². The quantitative estimate of drug-likeness (QED) is 0.570. The number of carbonyl (C=O) groups excluding carboxylic acids is 1. The van der Waals surface area contributed by atoms with Crippen molar-refractivity contribution in [3.63, 3.8) is 0 Å². The second-order valence-electron chi connectivity index (χ2n) is 5.30. The van der Waals surface area contributed by atoms with Crippen molar-refractivity contribution in [1.29, 1.82) is 0 Å². The first-order chi connectivity index (χ1) is 12.5. The minimum Gasteiger partial charge on any atom is -0.459 e. The van der Waals surface area contributed by atoms with Crippen LogP contribution in [0.15, 0.2) is 63.7 Å². The number of nitrogens with one attached hydrogen (secondary N) is 2. The summed E-state index contributed by atoms with van der Waals surface area (Å²) in [5.41, 5.74) is 1.34. The Balaban J connectivity index is 1.55. The molecule has 0 radical (unpaired) electrons. The molecule has 8 heteroatoms. The average Bonchev–Trinajstić information content (AvgIpc) is 3.09. The molecule has 1 aromatic carbocycles. The van der Waals surface area contributed by atoms with Crippen molar-refractivity contribution in [3.05, 3.63) is 75.7 Å². The lowest BCUT2D eigenvalue weighted by Crippen LogP contribution is -2.38. The lowest BCUT2D eigenvalue weighted by atomic mass is 10.2. The Labute approximate surface area is 168 Å². The zero-order valence-electron chi connectivity index (χ0n) is 13.3. The van der Waals surface area contributed by atoms with Crippen molar-refractivity contribution in [2.75, 3.05) is 0 Å². The molecule has 0 aliphatic rings. The predicted octanol–water partition coefficient (Wildman–Crippen LogP) is 4.56. The topological polar surface area (TPSA) is 67.2 Å². The summed E-state index contributed by atoms with van der Waals surface area (Å²) in [4.78, 5) is 16.1. The molecular weight excluding hydrogens is 438 g/mol. The van der Waals surface area contributed by atoms with Gasteiger partial charge in [-0.3, -0.25) is 15.1 Å². The molecule has 3 aromatic rings. The van der Waals surface area contributed by atoms with Gasteiger partial charge < -0.3 is 9.73 Å². The zero-order valence-corrected chi connectivity index (χ0v) is 16.5. The second kappa shape index (κ2) is 8.44. The van der Waals surface area contributed by atoms with Gasteiger partial charge in [0.25, 0.3) is 5.91 Å². The standard InChI is InChI=1S/C18H13BrClN3O2S/c19-13-7-12(8-21-9-13)17(24)23-18(26)22-10-15-5-6-16(25-15)11-1-3-14(20)4-2-11/h1-9H,10H2,(H2,22,23,24,26). The molecule has 0 unspecified atom stereocenters. The average molecular weight is 451 g/mol. The number of hydrogen-bond donors (Lipinski definition) is 2. The number of carbonyl (C=O) groups is 1. The number of benzene rings is 1. The molecule has 0 saturated heterocycles. The summed E-state index contributed by atoms with van der Waals surface area (Å²) in [6.45, 7) is 0.351. The van der Waals surface area contributed by atoms with Crippen LogP contribution in [0.4, 0.5) is 0 Å². The van der Waals surface area contributed by atoms with Crippen LogP contribution < -0.4 is 10.6 Å². The molecule has 0 aliphatic heterocycles. The Morgan fingerprint density at radius 3 is 2.69 bits per heavy atom. The van der Waals surface area contributed by atoms with Crippen LogP contribution in [0.3, 0.4) is 0 Å². The van der Waals surface area contributed by atoms with Gasteiger partial charge in [0.1, 0.15) is 11.5 Å². The van der Waals surface area contributed by atoms with Gasteiger partial charge >= 0.3 is 0 Å². The van der Waals surface area contributed by atoms with Gasteiger partial charge in [-0.1, -0.05) is 11.6 Å². The summed E-state index contributed by atoms with van der Waals surface area (Å²) in [5, 5.41) is 6.42. The van der Waals surface area contributed by atoms with Crippen LogP contribution in [0, 0.1) is 0 Å². The monoisotopic (exact) mass is 449 g/mol. The zero-order chi connectivity index (χ0) is 18.5. The van der Waals surface area contributed by atoms with E-state index in [0.29, 0.717) is 27.4 Å². The van der Waals surface area contributed by atoms with E-state index in [9.17, 15) is 4.79 Å². The van der Waals surface area contributed by atoms with Gasteiger partial charge in [-0.05, 0) is 70.6 Å². The Kier molecular flexibility index (Phi) is 6.03. The van der Waals surface area contributed by atoms with Crippen molar-refractivity contribution in [2.24, 2.45) is 0 Å². The minimum absolute atomic E-state index is 0.208. The summed E-state index contributed by atoms with van der Waals surface area (Å²) in [5.74, 6) is 1.09. The van der Waals surface area contributed by atoms with Crippen molar-refractivity contribution in [1.82, 2.24) is 15.6 Å². The van der Waals surface area contributed by atoms with Crippen LogP contribution >= 0.6 is 39.7 Å². The van der Waals surface area contributed by atoms with Gasteiger partial charge in [-0.15, -0.1) is 0 Å². The summed E-state index contributed by atoms with van der Waals surface area (Å²) in [6.07, 6.45) is 3.07. The third-order valence-electron chi connectivity index (χ3n) is 3.41. The highest BCUT2D eigenvalue weighted by molar-refractivity contribution is 9.10. The van der Waals surface area contributed by atoms with E-state index in [4.69, 9.17) is 28.2 Å². The largest absolute Gasteiger partial charge is 0.459 e. The first kappa shape index (κ1) is 18.6. The summed E-state index contributed by atoms with van der Waals surface area (Å²) >= 11 is 14.3. The number of pyridine rings is 1. The second-order valence-corrected chi connectivity index (χ2v) is 7.06. The SMILES string of the molecule is O=C(NC(=S)NCc1ccc(-c2ccc(Cl)cc2)o1)c1cncc(Br)c1. The number of nitrogens with zero attached hydrogens (tertiary/aromatic N) is 1. The van der Waals surface area contributed by atoms with Gasteiger partial charge in [0.2, 0.25) is 0 Å². The van der Waals surface area contributed by atoms with Crippen LogP contribution in [0.25, 0.3) is 11.3 Å². The van der Waals surface area contributed by atoms with E-state index in [1.165, 1.54) is 6.20 Å². The molecule has 0 aliphatic carbocycles. The van der Waals surface area contributed by atoms with Crippen LogP contribution in [0.1, 0.15) is 16.1 Å². The lowest BCUT2D eigenvalue weighted by molar-refractivity contribution is 0.0976. The fraction of sp³-hybridized carbons (Fsp3) is 0.0556. The molecule has 2 heterocycles. The fourth-order valence-electron chi connectivity index (χ4n) is 2.17. The van der Waals surface area contributed by atoms with E-state index in [2.05, 4.69) is 31.5 Å². The third-order valence-corrected chi connectivity index (χ3v) is 4.34. The number of amides is 1. The Bertz CT molecular complexity index is 944. The number of hydrogen-bond acceptors (Lipinski definition) is 4. The van der Waals surface area contributed by atoms with E-state index in [-0.39, 0.29) is 11.0 Å². The molecule has 26 heavy (non-hydrogen) atoms. The number of aromatic nitrogens is 1. The molecule has 1 amide bonds. The van der Waals surface area contributed by atoms with E-state index in [1.807, 2.05) is 24.3 Å². The van der Waals surface area contributed by atoms with Gasteiger partial charge in [-0.25, -0.2) is 0 Å². The maximum absolute atomic E-state index is 12.1. The molecule has 3 rings (SSSR count). The fourth-order valence-corrected chi connectivity index (χ4v) is 2.82. The highest BCUT2D eigenvalue weighted by Crippen LogP contribution is 2.23. The maximum atomic E-state index is 12.1. The first-order valence-corrected chi connectivity index (χ1v) is 9.13. The normalized spacial score (nSPS) is 10.4. The Hall–Kier alpha value is -2.22. The Morgan fingerprint density at radius 1 is 1.19 bits per heavy atom. The van der Waals surface area contributed by atoms with Crippen molar-refractivity contribution >= 4 is 50.8 Å². The third kappa shape index (κ3) is 4.91. The van der Waals surface area contributed by atoms with Crippen LogP contribution in [0.2, 0.25) is 5.02 Å². The summed E-state index contributed by atoms with van der Waals surface area (Å²) in [6, 6.07) is 12.8. The molecular formula is C18H13BrClN3O2S. The van der Waals surface area contributed by atoms with Crippen LogP contribution in [0.5, 0.6) is 0 Å². The molecule has 2 aromatic heterocycles. The van der Waals surface area contributed by atoms with Gasteiger partial charge in [0.05, 0.1) is 12.1 Å². The Morgan fingerprint density at radius 2 is 1.96 bits per heavy atom. The summed E-state index contributed by atoms with van der Waals surface area (Å²) < 4.78 is 6.49. The molecule has 0 atom stereocenters. The highest BCUT2D eigenvalue weighted by atomic mass is 79.9. The summed E-state index contributed by atoms with van der Waals surface area (Å²) in [7, 11) is 0. The van der Waals surface area contributed by atoms with E-state index in [1.54, 1.807) is 24.4 Å². The molecule has 5 nitrogen and oxygen atoms in total. The van der Waals surface area contributed by atoms with Crippen molar-refractivity contribution in [3.8, 4) is 11.3 Å². The van der Waals surface area contributed by atoms with Crippen molar-refractivity contribution < 1.29 is 9.21 Å². The van der Waals surface area contributed by atoms with Gasteiger partial charge in [0, 0.05) is 27.5 Å². The molecule has 0 fully saturated rings. The van der Waals surface area contributed by atoms with E-state index < -0.39 is 0 Å². The number of furan rings is 1. The minimum atomic E-state index is -0.336. The number of rotatable bonds is 4. The first-order valence-electron chi connectivity index (χ1n) is 7.55.